The molecule has 1 unspecified atom stereocenters. The second-order valence-corrected chi connectivity index (χ2v) is 4.74. The summed E-state index contributed by atoms with van der Waals surface area (Å²) >= 11 is 0. The van der Waals surface area contributed by atoms with Crippen LogP contribution < -0.4 is 15.2 Å². The predicted octanol–water partition coefficient (Wildman–Crippen LogP) is 2.07. The molecule has 0 aliphatic carbocycles. The zero-order chi connectivity index (χ0) is 15.1. The Morgan fingerprint density at radius 2 is 1.95 bits per heavy atom. The highest BCUT2D eigenvalue weighted by molar-refractivity contribution is 5.70. The van der Waals surface area contributed by atoms with Crippen LogP contribution >= 0.6 is 0 Å². The number of hydrogen-bond acceptors (Lipinski definition) is 4. The van der Waals surface area contributed by atoms with E-state index in [4.69, 9.17) is 20.3 Å². The molecule has 1 rings (SSSR count). The summed E-state index contributed by atoms with van der Waals surface area (Å²) in [6.45, 7) is 1.84. The fraction of sp³-hybridized carbons (Fsp3) is 0.533. The van der Waals surface area contributed by atoms with Crippen molar-refractivity contribution in [1.29, 1.82) is 0 Å². The second-order valence-electron chi connectivity index (χ2n) is 4.74. The van der Waals surface area contributed by atoms with E-state index < -0.39 is 11.9 Å². The zero-order valence-corrected chi connectivity index (χ0v) is 12.3. The lowest BCUT2D eigenvalue weighted by Crippen LogP contribution is -2.35. The minimum atomic E-state index is -0.827. The third-order valence-electron chi connectivity index (χ3n) is 3.49. The Hall–Kier alpha value is -1.75. The lowest BCUT2D eigenvalue weighted by atomic mass is 9.92. The summed E-state index contributed by atoms with van der Waals surface area (Å²) in [5, 5.41) is 9.07. The lowest BCUT2D eigenvalue weighted by Gasteiger charge is -2.18. The van der Waals surface area contributed by atoms with E-state index in [2.05, 4.69) is 0 Å². The number of hydrogen-bond donors (Lipinski definition) is 2. The van der Waals surface area contributed by atoms with Crippen LogP contribution in [-0.4, -0.2) is 31.3 Å². The van der Waals surface area contributed by atoms with Gasteiger partial charge in [0.05, 0.1) is 20.1 Å². The number of carboxylic acid groups (broad SMARTS) is 1. The molecule has 0 radical (unpaired) electrons. The molecular formula is C15H23NO4. The van der Waals surface area contributed by atoms with E-state index in [-0.39, 0.29) is 6.04 Å². The van der Waals surface area contributed by atoms with E-state index in [0.29, 0.717) is 30.8 Å². The van der Waals surface area contributed by atoms with Gasteiger partial charge in [0.1, 0.15) is 0 Å². The van der Waals surface area contributed by atoms with Crippen molar-refractivity contribution in [2.75, 3.05) is 14.2 Å². The van der Waals surface area contributed by atoms with E-state index in [1.165, 1.54) is 0 Å². The van der Waals surface area contributed by atoms with Crippen molar-refractivity contribution in [3.05, 3.63) is 23.8 Å². The molecule has 1 aromatic carbocycles. The predicted molar refractivity (Wildman–Crippen MR) is 77.3 cm³/mol. The van der Waals surface area contributed by atoms with Gasteiger partial charge in [0.25, 0.3) is 0 Å². The monoisotopic (exact) mass is 281 g/mol. The van der Waals surface area contributed by atoms with Crippen LogP contribution in [0.3, 0.4) is 0 Å². The molecule has 5 nitrogen and oxygen atoms in total. The molecule has 0 saturated heterocycles. The molecule has 0 aliphatic rings. The average molecular weight is 281 g/mol. The number of carboxylic acids is 1. The normalized spacial score (nSPS) is 13.6. The molecule has 0 saturated carbocycles. The third-order valence-corrected chi connectivity index (χ3v) is 3.49. The van der Waals surface area contributed by atoms with E-state index >= 15 is 0 Å². The Morgan fingerprint density at radius 3 is 2.45 bits per heavy atom. The maximum Gasteiger partial charge on any atom is 0.308 e. The summed E-state index contributed by atoms with van der Waals surface area (Å²) < 4.78 is 10.4. The van der Waals surface area contributed by atoms with Crippen LogP contribution in [0.1, 0.15) is 25.3 Å². The van der Waals surface area contributed by atoms with Crippen molar-refractivity contribution < 1.29 is 19.4 Å². The Bertz CT molecular complexity index is 447. The minimum absolute atomic E-state index is 0.342. The fourth-order valence-corrected chi connectivity index (χ4v) is 2.23. The molecule has 3 N–H and O–H groups in total. The highest BCUT2D eigenvalue weighted by Gasteiger charge is 2.22. The summed E-state index contributed by atoms with van der Waals surface area (Å²) in [4.78, 5) is 11.1. The van der Waals surface area contributed by atoms with Crippen molar-refractivity contribution in [3.8, 4) is 11.5 Å². The molecule has 0 heterocycles. The molecule has 112 valence electrons. The largest absolute Gasteiger partial charge is 0.493 e. The molecule has 1 aromatic rings. The molecule has 2 atom stereocenters. The first-order valence-corrected chi connectivity index (χ1v) is 6.72. The summed E-state index contributed by atoms with van der Waals surface area (Å²) in [6, 6.07) is 5.34. The molecule has 0 amide bonds. The second kappa shape index (κ2) is 7.75. The highest BCUT2D eigenvalue weighted by atomic mass is 16.5. The van der Waals surface area contributed by atoms with Crippen molar-refractivity contribution >= 4 is 5.97 Å². The van der Waals surface area contributed by atoms with Gasteiger partial charge in [0, 0.05) is 6.04 Å². The van der Waals surface area contributed by atoms with E-state index in [0.717, 1.165) is 5.56 Å². The number of carbonyl (C=O) groups is 1. The lowest BCUT2D eigenvalue weighted by molar-refractivity contribution is -0.142. The highest BCUT2D eigenvalue weighted by Crippen LogP contribution is 2.28. The smallest absolute Gasteiger partial charge is 0.308 e. The van der Waals surface area contributed by atoms with Gasteiger partial charge in [-0.1, -0.05) is 13.0 Å². The fourth-order valence-electron chi connectivity index (χ4n) is 2.23. The summed E-state index contributed by atoms with van der Waals surface area (Å²) in [7, 11) is 3.18. The van der Waals surface area contributed by atoms with E-state index in [1.807, 2.05) is 25.1 Å². The molecule has 0 aliphatic heterocycles. The van der Waals surface area contributed by atoms with Gasteiger partial charge in [0.15, 0.2) is 11.5 Å². The van der Waals surface area contributed by atoms with Crippen LogP contribution in [0, 0.1) is 5.92 Å². The van der Waals surface area contributed by atoms with Crippen molar-refractivity contribution in [2.45, 2.75) is 32.2 Å². The summed E-state index contributed by atoms with van der Waals surface area (Å²) in [6.07, 6.45) is 1.88. The van der Waals surface area contributed by atoms with Gasteiger partial charge < -0.3 is 20.3 Å². The molecular weight excluding hydrogens is 258 g/mol. The van der Waals surface area contributed by atoms with Gasteiger partial charge in [-0.3, -0.25) is 4.79 Å². The van der Waals surface area contributed by atoms with Crippen molar-refractivity contribution in [3.63, 3.8) is 0 Å². The number of aryl methyl sites for hydroxylation is 1. The van der Waals surface area contributed by atoms with E-state index in [1.54, 1.807) is 14.2 Å². The summed E-state index contributed by atoms with van der Waals surface area (Å²) in [5.74, 6) is 0.0313. The van der Waals surface area contributed by atoms with E-state index in [9.17, 15) is 4.79 Å². The topological polar surface area (TPSA) is 81.8 Å². The van der Waals surface area contributed by atoms with Crippen LogP contribution in [0.15, 0.2) is 18.2 Å². The Labute approximate surface area is 119 Å². The van der Waals surface area contributed by atoms with Crippen LogP contribution in [0.25, 0.3) is 0 Å². The van der Waals surface area contributed by atoms with Crippen molar-refractivity contribution in [2.24, 2.45) is 11.7 Å². The first kappa shape index (κ1) is 16.3. The first-order chi connectivity index (χ1) is 9.53. The van der Waals surface area contributed by atoms with Crippen LogP contribution in [-0.2, 0) is 11.2 Å². The van der Waals surface area contributed by atoms with Gasteiger partial charge in [-0.25, -0.2) is 0 Å². The molecule has 0 spiro atoms. The SMILES string of the molecule is CCC(C(=O)O)[C@@H](N)CCc1ccc(OC)c(OC)c1. The molecule has 5 heteroatoms. The Kier molecular flexibility index (Phi) is 6.31. The minimum Gasteiger partial charge on any atom is -0.493 e. The van der Waals surface area contributed by atoms with Gasteiger partial charge in [-0.2, -0.15) is 0 Å². The van der Waals surface area contributed by atoms with Crippen molar-refractivity contribution in [1.82, 2.24) is 0 Å². The quantitative estimate of drug-likeness (QED) is 0.762. The summed E-state index contributed by atoms with van der Waals surface area (Å²) in [5.41, 5.74) is 7.02. The average Bonchev–Trinajstić information content (AvgIpc) is 2.45. The maximum atomic E-state index is 11.1. The number of ether oxygens (including phenoxy) is 2. The Morgan fingerprint density at radius 1 is 1.30 bits per heavy atom. The third kappa shape index (κ3) is 4.13. The number of aliphatic carboxylic acids is 1. The Balaban J connectivity index is 2.68. The number of benzene rings is 1. The standard InChI is InChI=1S/C15H23NO4/c1-4-11(15(17)18)12(16)7-5-10-6-8-13(19-2)14(9-10)20-3/h6,8-9,11-12H,4-5,7,16H2,1-3H3,(H,17,18)/t11?,12-/m0/s1. The number of nitrogens with two attached hydrogens (primary N) is 1. The maximum absolute atomic E-state index is 11.1. The first-order valence-electron chi connectivity index (χ1n) is 6.72. The molecule has 0 bridgehead atoms. The molecule has 0 aromatic heterocycles. The number of rotatable bonds is 8. The van der Waals surface area contributed by atoms with Gasteiger partial charge in [-0.05, 0) is 37.0 Å². The number of methoxy groups -OCH3 is 2. The molecule has 20 heavy (non-hydrogen) atoms. The van der Waals surface area contributed by atoms with Gasteiger partial charge in [0.2, 0.25) is 0 Å². The molecule has 0 fully saturated rings. The van der Waals surface area contributed by atoms with Gasteiger partial charge >= 0.3 is 5.97 Å². The zero-order valence-electron chi connectivity index (χ0n) is 12.3. The van der Waals surface area contributed by atoms with Gasteiger partial charge in [-0.15, -0.1) is 0 Å². The van der Waals surface area contributed by atoms with Crippen LogP contribution in [0.5, 0.6) is 11.5 Å². The van der Waals surface area contributed by atoms with Crippen LogP contribution in [0.2, 0.25) is 0 Å². The van der Waals surface area contributed by atoms with Crippen LogP contribution in [0.4, 0.5) is 0 Å².